The molecule has 0 bridgehead atoms. The number of thioether (sulfide) groups is 1. The molecule has 0 aromatic heterocycles. The van der Waals surface area contributed by atoms with Gasteiger partial charge in [-0.15, -0.1) is 11.8 Å². The predicted octanol–water partition coefficient (Wildman–Crippen LogP) is 6.28. The summed E-state index contributed by atoms with van der Waals surface area (Å²) in [5, 5.41) is 3.55. The van der Waals surface area contributed by atoms with Crippen molar-refractivity contribution in [1.82, 2.24) is 10.2 Å². The minimum absolute atomic E-state index is 0.0856. The van der Waals surface area contributed by atoms with E-state index < -0.39 is 6.04 Å². The summed E-state index contributed by atoms with van der Waals surface area (Å²) in [6, 6.07) is 12.2. The Balaban J connectivity index is 1.72. The van der Waals surface area contributed by atoms with Crippen LogP contribution < -0.4 is 5.32 Å². The number of carbonyl (C=O) groups excluding carboxylic acids is 2. The van der Waals surface area contributed by atoms with Gasteiger partial charge in [-0.25, -0.2) is 4.39 Å². The molecular weight excluding hydrogens is 471 g/mol. The summed E-state index contributed by atoms with van der Waals surface area (Å²) >= 11 is 7.45. The number of aryl methyl sites for hydroxylation is 1. The Morgan fingerprint density at radius 3 is 2.59 bits per heavy atom. The molecule has 1 saturated carbocycles. The molecule has 1 atom stereocenters. The van der Waals surface area contributed by atoms with E-state index in [2.05, 4.69) is 5.32 Å². The number of halogens is 2. The first kappa shape index (κ1) is 26.6. The smallest absolute Gasteiger partial charge is 0.243 e. The van der Waals surface area contributed by atoms with Gasteiger partial charge < -0.3 is 10.2 Å². The molecule has 1 aliphatic rings. The van der Waals surface area contributed by atoms with E-state index in [0.29, 0.717) is 29.3 Å². The minimum Gasteiger partial charge on any atom is -0.352 e. The van der Waals surface area contributed by atoms with Crippen LogP contribution in [0.2, 0.25) is 5.02 Å². The molecule has 0 heterocycles. The zero-order chi connectivity index (χ0) is 24.5. The fourth-order valence-electron chi connectivity index (χ4n) is 4.46. The second-order valence-electron chi connectivity index (χ2n) is 8.97. The topological polar surface area (TPSA) is 49.4 Å². The van der Waals surface area contributed by atoms with Crippen molar-refractivity contribution in [1.29, 1.82) is 0 Å². The lowest BCUT2D eigenvalue weighted by molar-refractivity contribution is -0.139. The van der Waals surface area contributed by atoms with Crippen molar-refractivity contribution in [3.8, 4) is 0 Å². The van der Waals surface area contributed by atoms with Gasteiger partial charge in [0.1, 0.15) is 11.9 Å². The summed E-state index contributed by atoms with van der Waals surface area (Å²) in [5.74, 6) is -0.158. The molecule has 2 amide bonds. The third-order valence-corrected chi connectivity index (χ3v) is 7.60. The second-order valence-corrected chi connectivity index (χ2v) is 10.4. The third-order valence-electron chi connectivity index (χ3n) is 6.31. The SMILES string of the molecule is CC[C@@H](C(=O)NC1CCCCC1)N(Cc1cccc(C)c1)C(=O)CSCc1c(F)cccc1Cl. The lowest BCUT2D eigenvalue weighted by atomic mass is 9.95. The fraction of sp³-hybridized carbons (Fsp3) is 0.481. The van der Waals surface area contributed by atoms with Crippen LogP contribution in [0, 0.1) is 12.7 Å². The lowest BCUT2D eigenvalue weighted by Crippen LogP contribution is -2.52. The number of rotatable bonds is 10. The van der Waals surface area contributed by atoms with E-state index in [-0.39, 0.29) is 29.4 Å². The molecule has 4 nitrogen and oxygen atoms in total. The first-order chi connectivity index (χ1) is 16.4. The number of nitrogens with one attached hydrogen (secondary N) is 1. The van der Waals surface area contributed by atoms with Gasteiger partial charge in [-0.1, -0.05) is 73.7 Å². The van der Waals surface area contributed by atoms with Gasteiger partial charge in [0.2, 0.25) is 11.8 Å². The van der Waals surface area contributed by atoms with Gasteiger partial charge in [0, 0.05) is 28.9 Å². The molecule has 1 N–H and O–H groups in total. The summed E-state index contributed by atoms with van der Waals surface area (Å²) in [4.78, 5) is 28.3. The van der Waals surface area contributed by atoms with Crippen LogP contribution in [0.1, 0.15) is 62.1 Å². The first-order valence-corrected chi connectivity index (χ1v) is 13.6. The molecule has 1 aliphatic carbocycles. The van der Waals surface area contributed by atoms with Crippen LogP contribution in [-0.2, 0) is 21.9 Å². The van der Waals surface area contributed by atoms with E-state index in [4.69, 9.17) is 11.6 Å². The van der Waals surface area contributed by atoms with Gasteiger partial charge in [0.05, 0.1) is 5.75 Å². The van der Waals surface area contributed by atoms with Gasteiger partial charge in [-0.05, 0) is 43.9 Å². The Morgan fingerprint density at radius 1 is 1.18 bits per heavy atom. The summed E-state index contributed by atoms with van der Waals surface area (Å²) in [7, 11) is 0. The summed E-state index contributed by atoms with van der Waals surface area (Å²) < 4.78 is 14.1. The van der Waals surface area contributed by atoms with E-state index >= 15 is 0 Å². The minimum atomic E-state index is -0.549. The van der Waals surface area contributed by atoms with Crippen LogP contribution in [0.25, 0.3) is 0 Å². The lowest BCUT2D eigenvalue weighted by Gasteiger charge is -2.33. The van der Waals surface area contributed by atoms with Gasteiger partial charge in [0.15, 0.2) is 0 Å². The number of hydrogen-bond donors (Lipinski definition) is 1. The molecule has 0 spiro atoms. The van der Waals surface area contributed by atoms with E-state index in [9.17, 15) is 14.0 Å². The molecule has 34 heavy (non-hydrogen) atoms. The Kier molecular flexibility index (Phi) is 10.3. The zero-order valence-corrected chi connectivity index (χ0v) is 21.6. The first-order valence-electron chi connectivity index (χ1n) is 12.0. The van der Waals surface area contributed by atoms with Crippen molar-refractivity contribution < 1.29 is 14.0 Å². The maximum Gasteiger partial charge on any atom is 0.243 e. The number of carbonyl (C=O) groups is 2. The zero-order valence-electron chi connectivity index (χ0n) is 20.0. The Morgan fingerprint density at radius 2 is 1.91 bits per heavy atom. The van der Waals surface area contributed by atoms with Crippen LogP contribution in [0.15, 0.2) is 42.5 Å². The number of hydrogen-bond acceptors (Lipinski definition) is 3. The van der Waals surface area contributed by atoms with E-state index in [1.54, 1.807) is 17.0 Å². The fourth-order valence-corrected chi connectivity index (χ4v) is 5.71. The summed E-state index contributed by atoms with van der Waals surface area (Å²) in [6.07, 6.45) is 5.98. The standard InChI is InChI=1S/C27H34ClFN2O2S/c1-3-25(27(33)30-21-11-5-4-6-12-21)31(16-20-10-7-9-19(2)15-20)26(32)18-34-17-22-23(28)13-8-14-24(22)29/h7-10,13-15,21,25H,3-6,11-12,16-18H2,1-2H3,(H,30,33)/t25-/m0/s1. The van der Waals surface area contributed by atoms with Crippen LogP contribution in [0.3, 0.4) is 0 Å². The Hall–Kier alpha value is -2.05. The van der Waals surface area contributed by atoms with Crippen LogP contribution in [0.4, 0.5) is 4.39 Å². The number of benzene rings is 2. The normalized spacial score (nSPS) is 15.1. The van der Waals surface area contributed by atoms with Crippen LogP contribution >= 0.6 is 23.4 Å². The highest BCUT2D eigenvalue weighted by atomic mass is 35.5. The molecule has 2 aromatic rings. The van der Waals surface area contributed by atoms with Crippen molar-refractivity contribution in [2.24, 2.45) is 0 Å². The third kappa shape index (κ3) is 7.47. The van der Waals surface area contributed by atoms with Crippen molar-refractivity contribution in [3.05, 3.63) is 70.0 Å². The van der Waals surface area contributed by atoms with E-state index in [1.165, 1.54) is 24.2 Å². The van der Waals surface area contributed by atoms with E-state index in [0.717, 1.165) is 36.8 Å². The van der Waals surface area contributed by atoms with Gasteiger partial charge in [-0.3, -0.25) is 9.59 Å². The summed E-state index contributed by atoms with van der Waals surface area (Å²) in [5.41, 5.74) is 2.49. The van der Waals surface area contributed by atoms with Gasteiger partial charge in [0.25, 0.3) is 0 Å². The summed E-state index contributed by atoms with van der Waals surface area (Å²) in [6.45, 7) is 4.31. The quantitative estimate of drug-likeness (QED) is 0.414. The predicted molar refractivity (Wildman–Crippen MR) is 138 cm³/mol. The van der Waals surface area contributed by atoms with Crippen molar-refractivity contribution in [3.63, 3.8) is 0 Å². The largest absolute Gasteiger partial charge is 0.352 e. The number of nitrogens with zero attached hydrogens (tertiary/aromatic N) is 1. The molecule has 3 rings (SSSR count). The molecule has 184 valence electrons. The maximum absolute atomic E-state index is 14.1. The highest BCUT2D eigenvalue weighted by molar-refractivity contribution is 7.99. The molecule has 7 heteroatoms. The Labute approximate surface area is 211 Å². The second kappa shape index (κ2) is 13.1. The van der Waals surface area contributed by atoms with Crippen molar-refractivity contribution in [2.45, 2.75) is 76.8 Å². The molecule has 2 aromatic carbocycles. The highest BCUT2D eigenvalue weighted by Crippen LogP contribution is 2.25. The highest BCUT2D eigenvalue weighted by Gasteiger charge is 2.30. The molecule has 0 aliphatic heterocycles. The van der Waals surface area contributed by atoms with Crippen molar-refractivity contribution >= 4 is 35.2 Å². The van der Waals surface area contributed by atoms with Gasteiger partial charge >= 0.3 is 0 Å². The number of amides is 2. The molecule has 0 unspecified atom stereocenters. The van der Waals surface area contributed by atoms with Crippen LogP contribution in [-0.4, -0.2) is 34.6 Å². The molecule has 0 saturated heterocycles. The molecular formula is C27H34ClFN2O2S. The average Bonchev–Trinajstić information content (AvgIpc) is 2.81. The van der Waals surface area contributed by atoms with Crippen molar-refractivity contribution in [2.75, 3.05) is 5.75 Å². The van der Waals surface area contributed by atoms with E-state index in [1.807, 2.05) is 38.1 Å². The average molecular weight is 505 g/mol. The molecule has 1 fully saturated rings. The van der Waals surface area contributed by atoms with Gasteiger partial charge in [-0.2, -0.15) is 0 Å². The maximum atomic E-state index is 14.1. The van der Waals surface area contributed by atoms with Crippen LogP contribution in [0.5, 0.6) is 0 Å². The Bertz CT molecular complexity index is 961. The monoisotopic (exact) mass is 504 g/mol. The molecule has 0 radical (unpaired) electrons.